The quantitative estimate of drug-likeness (QED) is 0.359. The van der Waals surface area contributed by atoms with Gasteiger partial charge in [0.2, 0.25) is 5.13 Å². The van der Waals surface area contributed by atoms with Crippen molar-refractivity contribution in [2.75, 3.05) is 24.0 Å². The molecule has 0 bridgehead atoms. The van der Waals surface area contributed by atoms with Crippen LogP contribution in [-0.4, -0.2) is 30.3 Å². The van der Waals surface area contributed by atoms with E-state index in [2.05, 4.69) is 20.8 Å². The normalized spacial score (nSPS) is 10.8. The number of para-hydroxylation sites is 1. The molecule has 2 aromatic carbocycles. The molecular formula is C21H21ClN4O3S. The summed E-state index contributed by atoms with van der Waals surface area (Å²) in [7, 11) is 0. The number of hydrogen-bond donors (Lipinski definition) is 2. The first-order valence-electron chi connectivity index (χ1n) is 9.20. The molecule has 2 N–H and O–H groups in total. The van der Waals surface area contributed by atoms with Gasteiger partial charge in [-0.25, -0.2) is 4.98 Å². The third kappa shape index (κ3) is 6.20. The van der Waals surface area contributed by atoms with Crippen molar-refractivity contribution in [3.8, 4) is 11.5 Å². The Kier molecular flexibility index (Phi) is 7.64. The number of hydrazone groups is 1. The monoisotopic (exact) mass is 444 g/mol. The van der Waals surface area contributed by atoms with Gasteiger partial charge in [-0.15, -0.1) is 11.3 Å². The third-order valence-corrected chi connectivity index (χ3v) is 4.88. The molecule has 30 heavy (non-hydrogen) atoms. The van der Waals surface area contributed by atoms with Crippen molar-refractivity contribution in [3.05, 3.63) is 64.1 Å². The zero-order valence-corrected chi connectivity index (χ0v) is 18.1. The van der Waals surface area contributed by atoms with Crippen molar-refractivity contribution in [1.29, 1.82) is 0 Å². The lowest BCUT2D eigenvalue weighted by atomic mass is 10.2. The summed E-state index contributed by atoms with van der Waals surface area (Å²) < 4.78 is 11.3. The van der Waals surface area contributed by atoms with Crippen molar-refractivity contribution >= 4 is 45.9 Å². The van der Waals surface area contributed by atoms with Crippen LogP contribution in [-0.2, 0) is 4.79 Å². The number of hydrogen-bond acceptors (Lipinski definition) is 7. The highest BCUT2D eigenvalue weighted by atomic mass is 35.5. The number of ether oxygens (including phenoxy) is 2. The fourth-order valence-corrected chi connectivity index (χ4v) is 3.40. The Bertz CT molecular complexity index is 1020. The van der Waals surface area contributed by atoms with Gasteiger partial charge in [0.1, 0.15) is 0 Å². The summed E-state index contributed by atoms with van der Waals surface area (Å²) in [6, 6.07) is 12.6. The van der Waals surface area contributed by atoms with E-state index >= 15 is 0 Å². The molecule has 0 spiro atoms. The van der Waals surface area contributed by atoms with Crippen molar-refractivity contribution < 1.29 is 14.3 Å². The SMILES string of the molecule is CCOc1cc(C=NNc2nc(C)cs2)cc(Cl)c1OCC(=O)Nc1ccccc1. The molecule has 1 amide bonds. The number of aromatic nitrogens is 1. The number of benzene rings is 2. The van der Waals surface area contributed by atoms with Crippen LogP contribution < -0.4 is 20.2 Å². The Morgan fingerprint density at radius 3 is 2.77 bits per heavy atom. The van der Waals surface area contributed by atoms with E-state index in [9.17, 15) is 4.79 Å². The average molecular weight is 445 g/mol. The van der Waals surface area contributed by atoms with Gasteiger partial charge in [-0.2, -0.15) is 5.10 Å². The van der Waals surface area contributed by atoms with E-state index in [-0.39, 0.29) is 12.5 Å². The lowest BCUT2D eigenvalue weighted by Gasteiger charge is -2.14. The summed E-state index contributed by atoms with van der Waals surface area (Å²) in [6.07, 6.45) is 1.61. The molecule has 156 valence electrons. The van der Waals surface area contributed by atoms with Crippen molar-refractivity contribution in [1.82, 2.24) is 4.98 Å². The van der Waals surface area contributed by atoms with Gasteiger partial charge in [0, 0.05) is 11.1 Å². The molecule has 0 fully saturated rings. The molecule has 0 radical (unpaired) electrons. The molecule has 0 atom stereocenters. The van der Waals surface area contributed by atoms with Gasteiger partial charge in [0.05, 0.1) is 23.5 Å². The van der Waals surface area contributed by atoms with E-state index < -0.39 is 0 Å². The molecule has 1 heterocycles. The van der Waals surface area contributed by atoms with Crippen molar-refractivity contribution in [3.63, 3.8) is 0 Å². The van der Waals surface area contributed by atoms with E-state index in [1.807, 2.05) is 37.4 Å². The summed E-state index contributed by atoms with van der Waals surface area (Å²) in [5.41, 5.74) is 5.20. The predicted molar refractivity (Wildman–Crippen MR) is 121 cm³/mol. The van der Waals surface area contributed by atoms with E-state index in [1.54, 1.807) is 30.5 Å². The fraction of sp³-hybridized carbons (Fsp3) is 0.190. The zero-order valence-electron chi connectivity index (χ0n) is 16.5. The lowest BCUT2D eigenvalue weighted by Crippen LogP contribution is -2.20. The van der Waals surface area contributed by atoms with Crippen LogP contribution in [0, 0.1) is 6.92 Å². The first kappa shape index (κ1) is 21.6. The van der Waals surface area contributed by atoms with Gasteiger partial charge >= 0.3 is 0 Å². The number of rotatable bonds is 9. The van der Waals surface area contributed by atoms with Gasteiger partial charge < -0.3 is 14.8 Å². The number of amides is 1. The van der Waals surface area contributed by atoms with E-state index in [4.69, 9.17) is 21.1 Å². The Balaban J connectivity index is 1.67. The third-order valence-electron chi connectivity index (χ3n) is 3.73. The van der Waals surface area contributed by atoms with Crippen LogP contribution >= 0.6 is 22.9 Å². The zero-order chi connectivity index (χ0) is 21.3. The van der Waals surface area contributed by atoms with E-state index in [1.165, 1.54) is 11.3 Å². The molecule has 3 aromatic rings. The van der Waals surface area contributed by atoms with Gasteiger partial charge in [0.25, 0.3) is 5.91 Å². The molecule has 0 saturated carbocycles. The van der Waals surface area contributed by atoms with Crippen LogP contribution in [0.2, 0.25) is 5.02 Å². The average Bonchev–Trinajstić information content (AvgIpc) is 3.13. The fourth-order valence-electron chi connectivity index (χ4n) is 2.49. The maximum Gasteiger partial charge on any atom is 0.262 e. The second-order valence-electron chi connectivity index (χ2n) is 6.13. The van der Waals surface area contributed by atoms with Crippen LogP contribution in [0.3, 0.4) is 0 Å². The highest BCUT2D eigenvalue weighted by Gasteiger charge is 2.14. The number of halogens is 1. The number of carbonyl (C=O) groups excluding carboxylic acids is 1. The van der Waals surface area contributed by atoms with Gasteiger partial charge in [0.15, 0.2) is 18.1 Å². The molecule has 3 rings (SSSR count). The van der Waals surface area contributed by atoms with Gasteiger partial charge in [-0.1, -0.05) is 29.8 Å². The Labute approximate surface area is 183 Å². The van der Waals surface area contributed by atoms with E-state index in [0.717, 1.165) is 5.69 Å². The standard InChI is InChI=1S/C21H21ClN4O3S/c1-3-28-18-10-15(11-23-26-21-24-14(2)13-30-21)9-17(22)20(18)29-12-19(27)25-16-7-5-4-6-8-16/h4-11,13H,3,12H2,1-2H3,(H,24,26)(H,25,27). The second kappa shape index (κ2) is 10.6. The number of nitrogens with one attached hydrogen (secondary N) is 2. The first-order chi connectivity index (χ1) is 14.5. The second-order valence-corrected chi connectivity index (χ2v) is 7.40. The topological polar surface area (TPSA) is 84.8 Å². The van der Waals surface area contributed by atoms with Crippen LogP contribution in [0.4, 0.5) is 10.8 Å². The summed E-state index contributed by atoms with van der Waals surface area (Å²) in [4.78, 5) is 16.4. The van der Waals surface area contributed by atoms with Crippen LogP contribution in [0.5, 0.6) is 11.5 Å². The number of anilines is 2. The molecule has 9 heteroatoms. The lowest BCUT2D eigenvalue weighted by molar-refractivity contribution is -0.118. The minimum atomic E-state index is -0.298. The minimum absolute atomic E-state index is 0.201. The first-order valence-corrected chi connectivity index (χ1v) is 10.5. The Morgan fingerprint density at radius 2 is 2.07 bits per heavy atom. The number of aryl methyl sites for hydroxylation is 1. The molecule has 7 nitrogen and oxygen atoms in total. The molecule has 0 aliphatic heterocycles. The Hall–Kier alpha value is -3.10. The summed E-state index contributed by atoms with van der Waals surface area (Å²) in [5, 5.41) is 9.88. The predicted octanol–water partition coefficient (Wildman–Crippen LogP) is 4.97. The van der Waals surface area contributed by atoms with Gasteiger partial charge in [-0.3, -0.25) is 10.2 Å². The number of thiazole rings is 1. The van der Waals surface area contributed by atoms with Crippen molar-refractivity contribution in [2.45, 2.75) is 13.8 Å². The molecule has 0 aliphatic rings. The van der Waals surface area contributed by atoms with Crippen LogP contribution in [0.25, 0.3) is 0 Å². The van der Waals surface area contributed by atoms with Crippen LogP contribution in [0.15, 0.2) is 52.9 Å². The molecule has 1 aromatic heterocycles. The smallest absolute Gasteiger partial charge is 0.262 e. The summed E-state index contributed by atoms with van der Waals surface area (Å²) in [5.74, 6) is 0.444. The maximum atomic E-state index is 12.2. The van der Waals surface area contributed by atoms with Gasteiger partial charge in [-0.05, 0) is 43.7 Å². The number of carbonyl (C=O) groups is 1. The molecule has 0 aliphatic carbocycles. The molecule has 0 unspecified atom stereocenters. The Morgan fingerprint density at radius 1 is 1.27 bits per heavy atom. The van der Waals surface area contributed by atoms with Crippen LogP contribution in [0.1, 0.15) is 18.2 Å². The minimum Gasteiger partial charge on any atom is -0.490 e. The number of nitrogens with zero attached hydrogens (tertiary/aromatic N) is 2. The molecular weight excluding hydrogens is 424 g/mol. The van der Waals surface area contributed by atoms with E-state index in [0.29, 0.717) is 39.5 Å². The highest BCUT2D eigenvalue weighted by molar-refractivity contribution is 7.13. The summed E-state index contributed by atoms with van der Waals surface area (Å²) in [6.45, 7) is 3.98. The largest absolute Gasteiger partial charge is 0.490 e. The highest BCUT2D eigenvalue weighted by Crippen LogP contribution is 2.36. The van der Waals surface area contributed by atoms with Crippen molar-refractivity contribution in [2.24, 2.45) is 5.10 Å². The summed E-state index contributed by atoms with van der Waals surface area (Å²) >= 11 is 7.85. The molecule has 0 saturated heterocycles. The maximum absolute atomic E-state index is 12.2.